The van der Waals surface area contributed by atoms with Gasteiger partial charge in [0.25, 0.3) is 0 Å². The monoisotopic (exact) mass is 165 g/mol. The average molecular weight is 165 g/mol. The molecule has 0 spiro atoms. The standard InChI is InChI=1S/C8H12BNO2/c1-5-6(2)10(11)4-7(9)8(5)12-3/h4H,9H2,1-3H3. The maximum atomic E-state index is 11.2. The maximum Gasteiger partial charge on any atom is 0.196 e. The Bertz CT molecular complexity index is 312. The zero-order chi connectivity index (χ0) is 9.30. The number of nitrogens with zero attached hydrogens (tertiary/aromatic N) is 1. The normalized spacial score (nSPS) is 9.92. The molecule has 0 N–H and O–H groups in total. The fourth-order valence-electron chi connectivity index (χ4n) is 1.27. The van der Waals surface area contributed by atoms with Gasteiger partial charge in [0.05, 0.1) is 12.7 Å². The Labute approximate surface area is 73.0 Å². The van der Waals surface area contributed by atoms with Gasteiger partial charge in [0.15, 0.2) is 19.7 Å². The molecule has 64 valence electrons. The Kier molecular flexibility index (Phi) is 2.26. The Morgan fingerprint density at radius 3 is 2.58 bits per heavy atom. The van der Waals surface area contributed by atoms with Crippen molar-refractivity contribution in [3.8, 4) is 5.75 Å². The lowest BCUT2D eigenvalue weighted by molar-refractivity contribution is -0.611. The summed E-state index contributed by atoms with van der Waals surface area (Å²) in [5.74, 6) is 0.805. The van der Waals surface area contributed by atoms with Crippen LogP contribution < -0.4 is 14.9 Å². The van der Waals surface area contributed by atoms with E-state index in [9.17, 15) is 5.21 Å². The number of pyridine rings is 1. The molecule has 1 heterocycles. The van der Waals surface area contributed by atoms with Gasteiger partial charge in [-0.2, -0.15) is 4.73 Å². The van der Waals surface area contributed by atoms with Gasteiger partial charge in [0.1, 0.15) is 5.75 Å². The van der Waals surface area contributed by atoms with Gasteiger partial charge < -0.3 is 9.94 Å². The number of hydrogen-bond acceptors (Lipinski definition) is 2. The quantitative estimate of drug-likeness (QED) is 0.310. The summed E-state index contributed by atoms with van der Waals surface area (Å²) in [6, 6.07) is 0. The van der Waals surface area contributed by atoms with E-state index in [1.54, 1.807) is 14.0 Å². The van der Waals surface area contributed by atoms with Crippen molar-refractivity contribution in [2.75, 3.05) is 7.11 Å². The predicted octanol–water partition coefficient (Wildman–Crippen LogP) is -0.796. The minimum absolute atomic E-state index is 0.692. The Morgan fingerprint density at radius 1 is 1.50 bits per heavy atom. The van der Waals surface area contributed by atoms with Crippen LogP contribution in [0.15, 0.2) is 6.20 Å². The number of aromatic nitrogens is 1. The van der Waals surface area contributed by atoms with E-state index in [1.165, 1.54) is 6.20 Å². The molecule has 1 rings (SSSR count). The Hall–Kier alpha value is -1.19. The third-order valence-corrected chi connectivity index (χ3v) is 2.09. The predicted molar refractivity (Wildman–Crippen MR) is 49.6 cm³/mol. The van der Waals surface area contributed by atoms with E-state index in [0.29, 0.717) is 5.69 Å². The molecule has 0 bridgehead atoms. The number of hydrogen-bond donors (Lipinski definition) is 0. The molecule has 0 unspecified atom stereocenters. The molecule has 0 saturated heterocycles. The topological polar surface area (TPSA) is 36.2 Å². The SMILES string of the molecule is Bc1c[n+]([O-])c(C)c(C)c1OC. The molecule has 0 amide bonds. The third kappa shape index (κ3) is 1.24. The molecule has 0 aliphatic carbocycles. The lowest BCUT2D eigenvalue weighted by Gasteiger charge is -2.10. The molecular weight excluding hydrogens is 153 g/mol. The van der Waals surface area contributed by atoms with Gasteiger partial charge in [0.2, 0.25) is 0 Å². The minimum atomic E-state index is 0.692. The van der Waals surface area contributed by atoms with Crippen molar-refractivity contribution in [2.45, 2.75) is 13.8 Å². The number of methoxy groups -OCH3 is 1. The van der Waals surface area contributed by atoms with Gasteiger partial charge in [-0.1, -0.05) is 0 Å². The first-order chi connectivity index (χ1) is 5.57. The molecule has 1 aromatic rings. The van der Waals surface area contributed by atoms with E-state index in [0.717, 1.165) is 21.5 Å². The average Bonchev–Trinajstić information content (AvgIpc) is 2.01. The highest BCUT2D eigenvalue weighted by molar-refractivity contribution is 6.34. The number of rotatable bonds is 1. The largest absolute Gasteiger partial charge is 0.619 e. The van der Waals surface area contributed by atoms with Gasteiger partial charge >= 0.3 is 0 Å². The van der Waals surface area contributed by atoms with E-state index in [1.807, 2.05) is 14.8 Å². The summed E-state index contributed by atoms with van der Waals surface area (Å²) < 4.78 is 6.03. The highest BCUT2D eigenvalue weighted by Crippen LogP contribution is 2.13. The van der Waals surface area contributed by atoms with E-state index in [2.05, 4.69) is 0 Å². The smallest absolute Gasteiger partial charge is 0.196 e. The first-order valence-electron chi connectivity index (χ1n) is 3.82. The van der Waals surface area contributed by atoms with Gasteiger partial charge in [-0.05, 0) is 6.92 Å². The zero-order valence-corrected chi connectivity index (χ0v) is 7.84. The minimum Gasteiger partial charge on any atom is -0.619 e. The number of ether oxygens (including phenoxy) is 1. The van der Waals surface area contributed by atoms with Crippen LogP contribution in [0.2, 0.25) is 0 Å². The fraction of sp³-hybridized carbons (Fsp3) is 0.375. The second-order valence-electron chi connectivity index (χ2n) is 2.88. The van der Waals surface area contributed by atoms with Gasteiger partial charge in [-0.15, -0.1) is 0 Å². The summed E-state index contributed by atoms with van der Waals surface area (Å²) in [5.41, 5.74) is 2.47. The molecule has 0 aromatic carbocycles. The van der Waals surface area contributed by atoms with Crippen molar-refractivity contribution >= 4 is 13.3 Å². The first-order valence-corrected chi connectivity index (χ1v) is 3.82. The Morgan fingerprint density at radius 2 is 2.08 bits per heavy atom. The summed E-state index contributed by atoms with van der Waals surface area (Å²) in [7, 11) is 3.48. The van der Waals surface area contributed by atoms with Gasteiger partial charge in [-0.3, -0.25) is 0 Å². The second kappa shape index (κ2) is 3.05. The van der Waals surface area contributed by atoms with Crippen LogP contribution in [0.5, 0.6) is 5.75 Å². The summed E-state index contributed by atoms with van der Waals surface area (Å²) in [6.07, 6.45) is 1.53. The lowest BCUT2D eigenvalue weighted by atomic mass is 9.94. The maximum absolute atomic E-state index is 11.2. The molecule has 0 saturated carbocycles. The van der Waals surface area contributed by atoms with Crippen LogP contribution in [-0.4, -0.2) is 15.0 Å². The van der Waals surface area contributed by atoms with Crippen molar-refractivity contribution in [1.82, 2.24) is 0 Å². The van der Waals surface area contributed by atoms with Crippen molar-refractivity contribution in [2.24, 2.45) is 0 Å². The molecule has 4 heteroatoms. The highest BCUT2D eigenvalue weighted by Gasteiger charge is 2.12. The molecule has 3 nitrogen and oxygen atoms in total. The van der Waals surface area contributed by atoms with Crippen molar-refractivity contribution in [1.29, 1.82) is 0 Å². The van der Waals surface area contributed by atoms with E-state index in [-0.39, 0.29) is 0 Å². The van der Waals surface area contributed by atoms with E-state index in [4.69, 9.17) is 4.74 Å². The van der Waals surface area contributed by atoms with Crippen LogP contribution in [0, 0.1) is 19.1 Å². The van der Waals surface area contributed by atoms with Crippen LogP contribution in [-0.2, 0) is 0 Å². The van der Waals surface area contributed by atoms with Gasteiger partial charge in [-0.25, -0.2) is 0 Å². The van der Waals surface area contributed by atoms with Crippen molar-refractivity contribution in [3.05, 3.63) is 22.7 Å². The van der Waals surface area contributed by atoms with Crippen LogP contribution in [0.25, 0.3) is 0 Å². The Balaban J connectivity index is 3.40. The fourth-order valence-corrected chi connectivity index (χ4v) is 1.27. The summed E-state index contributed by atoms with van der Waals surface area (Å²) >= 11 is 0. The van der Waals surface area contributed by atoms with E-state index < -0.39 is 0 Å². The summed E-state index contributed by atoms with van der Waals surface area (Å²) in [6.45, 7) is 3.67. The zero-order valence-electron chi connectivity index (χ0n) is 7.84. The molecular formula is C8H12BNO2. The van der Waals surface area contributed by atoms with Crippen LogP contribution >= 0.6 is 0 Å². The van der Waals surface area contributed by atoms with Crippen LogP contribution in [0.4, 0.5) is 0 Å². The molecule has 0 aliphatic rings. The second-order valence-corrected chi connectivity index (χ2v) is 2.88. The van der Waals surface area contributed by atoms with Crippen LogP contribution in [0.3, 0.4) is 0 Å². The molecule has 0 radical (unpaired) electrons. The molecule has 1 aromatic heterocycles. The molecule has 0 aliphatic heterocycles. The first kappa shape index (κ1) is 8.91. The molecule has 0 fully saturated rings. The van der Waals surface area contributed by atoms with Crippen LogP contribution in [0.1, 0.15) is 11.3 Å². The van der Waals surface area contributed by atoms with Crippen molar-refractivity contribution < 1.29 is 9.47 Å². The van der Waals surface area contributed by atoms with Crippen molar-refractivity contribution in [3.63, 3.8) is 0 Å². The molecule has 12 heavy (non-hydrogen) atoms. The summed E-state index contributed by atoms with van der Waals surface area (Å²) in [4.78, 5) is 0. The summed E-state index contributed by atoms with van der Waals surface area (Å²) in [5, 5.41) is 11.2. The third-order valence-electron chi connectivity index (χ3n) is 2.09. The van der Waals surface area contributed by atoms with Gasteiger partial charge in [0, 0.05) is 12.4 Å². The molecule has 0 atom stereocenters. The lowest BCUT2D eigenvalue weighted by Crippen LogP contribution is -2.35. The van der Waals surface area contributed by atoms with E-state index >= 15 is 0 Å². The highest BCUT2D eigenvalue weighted by atomic mass is 16.5.